The highest BCUT2D eigenvalue weighted by molar-refractivity contribution is 6.27. The van der Waals surface area contributed by atoms with Gasteiger partial charge in [-0.2, -0.15) is 0 Å². The third kappa shape index (κ3) is 6.87. The SMILES string of the molecule is COc1ccccc1OCCNC[C@H]1CCC(c2ccccc2)(c2ccccc2)[C@@H]1O.O=C(O)C(=O)O. The van der Waals surface area contributed by atoms with Crippen LogP contribution < -0.4 is 14.8 Å². The fraction of sp³-hybridized carbons (Fsp3) is 0.310. The van der Waals surface area contributed by atoms with Crippen molar-refractivity contribution in [2.24, 2.45) is 5.92 Å². The van der Waals surface area contributed by atoms with Gasteiger partial charge >= 0.3 is 11.9 Å². The molecular formula is C29H33NO7. The molecule has 3 aromatic carbocycles. The number of carboxylic acid groups (broad SMARTS) is 2. The van der Waals surface area contributed by atoms with Gasteiger partial charge in [0, 0.05) is 18.5 Å². The lowest BCUT2D eigenvalue weighted by molar-refractivity contribution is -0.159. The zero-order valence-corrected chi connectivity index (χ0v) is 20.7. The highest BCUT2D eigenvalue weighted by Gasteiger charge is 2.49. The van der Waals surface area contributed by atoms with E-state index >= 15 is 0 Å². The fourth-order valence-corrected chi connectivity index (χ4v) is 4.86. The topological polar surface area (TPSA) is 125 Å². The minimum atomic E-state index is -1.82. The Morgan fingerprint density at radius 3 is 1.89 bits per heavy atom. The lowest BCUT2D eigenvalue weighted by Gasteiger charge is -2.36. The molecule has 4 rings (SSSR count). The minimum absolute atomic E-state index is 0.187. The molecule has 0 heterocycles. The number of para-hydroxylation sites is 2. The van der Waals surface area contributed by atoms with Crippen LogP contribution in [-0.2, 0) is 15.0 Å². The van der Waals surface area contributed by atoms with E-state index in [9.17, 15) is 5.11 Å². The minimum Gasteiger partial charge on any atom is -0.493 e. The van der Waals surface area contributed by atoms with Gasteiger partial charge in [-0.1, -0.05) is 72.8 Å². The summed E-state index contributed by atoms with van der Waals surface area (Å²) in [6.45, 7) is 2.02. The molecule has 0 aromatic heterocycles. The molecule has 8 nitrogen and oxygen atoms in total. The summed E-state index contributed by atoms with van der Waals surface area (Å²) >= 11 is 0. The maximum absolute atomic E-state index is 11.5. The number of carbonyl (C=O) groups is 2. The second-order valence-corrected chi connectivity index (χ2v) is 8.76. The van der Waals surface area contributed by atoms with Crippen LogP contribution in [0.15, 0.2) is 84.9 Å². The molecule has 0 radical (unpaired) electrons. The monoisotopic (exact) mass is 507 g/mol. The van der Waals surface area contributed by atoms with Gasteiger partial charge in [0.05, 0.1) is 13.2 Å². The number of hydrogen-bond donors (Lipinski definition) is 4. The van der Waals surface area contributed by atoms with Crippen LogP contribution in [0.4, 0.5) is 0 Å². The van der Waals surface area contributed by atoms with Crippen LogP contribution in [0.1, 0.15) is 24.0 Å². The molecule has 1 saturated carbocycles. The van der Waals surface area contributed by atoms with Crippen molar-refractivity contribution in [3.63, 3.8) is 0 Å². The lowest BCUT2D eigenvalue weighted by Crippen LogP contribution is -2.41. The van der Waals surface area contributed by atoms with E-state index in [1.165, 1.54) is 11.1 Å². The predicted octanol–water partition coefficient (Wildman–Crippen LogP) is 3.58. The molecule has 8 heteroatoms. The molecule has 0 unspecified atom stereocenters. The van der Waals surface area contributed by atoms with Crippen molar-refractivity contribution < 1.29 is 34.4 Å². The summed E-state index contributed by atoms with van der Waals surface area (Å²) in [5.41, 5.74) is 2.02. The zero-order valence-electron chi connectivity index (χ0n) is 20.7. The number of hydrogen-bond acceptors (Lipinski definition) is 6. The smallest absolute Gasteiger partial charge is 0.414 e. The lowest BCUT2D eigenvalue weighted by atomic mass is 9.71. The van der Waals surface area contributed by atoms with E-state index in [0.717, 1.165) is 30.9 Å². The Balaban J connectivity index is 0.000000568. The first-order valence-corrected chi connectivity index (χ1v) is 12.1. The molecule has 3 aromatic rings. The first-order chi connectivity index (χ1) is 17.9. The molecule has 1 aliphatic carbocycles. The van der Waals surface area contributed by atoms with E-state index in [4.69, 9.17) is 29.3 Å². The molecule has 2 atom stereocenters. The van der Waals surface area contributed by atoms with Crippen molar-refractivity contribution in [1.29, 1.82) is 0 Å². The van der Waals surface area contributed by atoms with Crippen LogP contribution >= 0.6 is 0 Å². The van der Waals surface area contributed by atoms with Gasteiger partial charge in [0.2, 0.25) is 0 Å². The van der Waals surface area contributed by atoms with Gasteiger partial charge in [-0.25, -0.2) is 9.59 Å². The summed E-state index contributed by atoms with van der Waals surface area (Å²) in [5.74, 6) is -1.97. The number of carboxylic acids is 2. The second kappa shape index (κ2) is 13.4. The van der Waals surface area contributed by atoms with E-state index in [2.05, 4.69) is 53.8 Å². The molecule has 4 N–H and O–H groups in total. The Kier molecular flexibility index (Phi) is 10.1. The fourth-order valence-electron chi connectivity index (χ4n) is 4.86. The summed E-state index contributed by atoms with van der Waals surface area (Å²) in [4.78, 5) is 18.2. The molecular weight excluding hydrogens is 474 g/mol. The third-order valence-corrected chi connectivity index (χ3v) is 6.63. The van der Waals surface area contributed by atoms with Crippen molar-refractivity contribution >= 4 is 11.9 Å². The Hall–Kier alpha value is -3.88. The highest BCUT2D eigenvalue weighted by Crippen LogP contribution is 2.48. The summed E-state index contributed by atoms with van der Waals surface area (Å²) in [7, 11) is 1.65. The Bertz CT molecular complexity index is 1090. The van der Waals surface area contributed by atoms with E-state index < -0.39 is 18.0 Å². The van der Waals surface area contributed by atoms with Crippen molar-refractivity contribution in [2.45, 2.75) is 24.4 Å². The number of aliphatic carboxylic acids is 2. The molecule has 1 aliphatic rings. The maximum atomic E-state index is 11.5. The number of aliphatic hydroxyl groups excluding tert-OH is 1. The number of nitrogens with one attached hydrogen (secondary N) is 1. The first kappa shape index (κ1) is 27.7. The van der Waals surface area contributed by atoms with Crippen LogP contribution in [0.25, 0.3) is 0 Å². The summed E-state index contributed by atoms with van der Waals surface area (Å²) < 4.78 is 11.2. The number of rotatable bonds is 9. The van der Waals surface area contributed by atoms with E-state index in [-0.39, 0.29) is 11.3 Å². The number of methoxy groups -OCH3 is 1. The highest BCUT2D eigenvalue weighted by atomic mass is 16.5. The summed E-state index contributed by atoms with van der Waals surface area (Å²) in [6.07, 6.45) is 1.47. The van der Waals surface area contributed by atoms with Gasteiger partial charge in [0.1, 0.15) is 6.61 Å². The molecule has 0 saturated heterocycles. The number of benzene rings is 3. The van der Waals surface area contributed by atoms with Gasteiger partial charge in [-0.15, -0.1) is 0 Å². The van der Waals surface area contributed by atoms with E-state index in [1.807, 2.05) is 36.4 Å². The normalized spacial score (nSPS) is 17.8. The molecule has 0 amide bonds. The molecule has 0 aliphatic heterocycles. The van der Waals surface area contributed by atoms with Crippen molar-refractivity contribution in [3.8, 4) is 11.5 Å². The summed E-state index contributed by atoms with van der Waals surface area (Å²) in [5, 5.41) is 29.8. The Morgan fingerprint density at radius 2 is 1.38 bits per heavy atom. The van der Waals surface area contributed by atoms with Crippen LogP contribution in [0.2, 0.25) is 0 Å². The quantitative estimate of drug-likeness (QED) is 0.256. The molecule has 1 fully saturated rings. The van der Waals surface area contributed by atoms with E-state index in [0.29, 0.717) is 13.2 Å². The van der Waals surface area contributed by atoms with Crippen molar-refractivity contribution in [2.75, 3.05) is 26.8 Å². The molecule has 0 spiro atoms. The first-order valence-electron chi connectivity index (χ1n) is 12.1. The predicted molar refractivity (Wildman–Crippen MR) is 139 cm³/mol. The molecule has 37 heavy (non-hydrogen) atoms. The maximum Gasteiger partial charge on any atom is 0.414 e. The number of aliphatic hydroxyl groups is 1. The molecule has 196 valence electrons. The van der Waals surface area contributed by atoms with Crippen LogP contribution in [0, 0.1) is 5.92 Å². The van der Waals surface area contributed by atoms with Gasteiger partial charge in [0.15, 0.2) is 11.5 Å². The van der Waals surface area contributed by atoms with E-state index in [1.54, 1.807) is 7.11 Å². The largest absolute Gasteiger partial charge is 0.493 e. The van der Waals surface area contributed by atoms with Crippen LogP contribution in [0.5, 0.6) is 11.5 Å². The van der Waals surface area contributed by atoms with Crippen LogP contribution in [0.3, 0.4) is 0 Å². The van der Waals surface area contributed by atoms with Gasteiger partial charge in [-0.3, -0.25) is 0 Å². The third-order valence-electron chi connectivity index (χ3n) is 6.63. The Labute approximate surface area is 216 Å². The van der Waals surface area contributed by atoms with Gasteiger partial charge in [-0.05, 0) is 42.0 Å². The zero-order chi connectivity index (χ0) is 26.7. The van der Waals surface area contributed by atoms with Gasteiger partial charge < -0.3 is 30.1 Å². The standard InChI is InChI=1S/C27H31NO3.C2H2O4/c1-30-24-14-8-9-15-25(24)31-19-18-28-20-21-16-17-27(26(21)29,22-10-4-2-5-11-22)23-12-6-3-7-13-23;3-1(4)2(5)6/h2-15,21,26,28-29H,16-20H2,1H3;(H,3,4)(H,5,6)/t21-,26-;/m1./s1. The number of ether oxygens (including phenoxy) is 2. The van der Waals surface area contributed by atoms with Crippen molar-refractivity contribution in [1.82, 2.24) is 5.32 Å². The average Bonchev–Trinajstić information content (AvgIpc) is 3.26. The Morgan fingerprint density at radius 1 is 0.865 bits per heavy atom. The average molecular weight is 508 g/mol. The van der Waals surface area contributed by atoms with Crippen LogP contribution in [-0.4, -0.2) is 60.2 Å². The van der Waals surface area contributed by atoms with Gasteiger partial charge in [0.25, 0.3) is 0 Å². The molecule has 0 bridgehead atoms. The second-order valence-electron chi connectivity index (χ2n) is 8.76. The summed E-state index contributed by atoms with van der Waals surface area (Å²) in [6, 6.07) is 28.6. The van der Waals surface area contributed by atoms with Crippen molar-refractivity contribution in [3.05, 3.63) is 96.1 Å².